The van der Waals surface area contributed by atoms with E-state index >= 15 is 0 Å². The molecule has 0 aliphatic carbocycles. The first kappa shape index (κ1) is 22.2. The number of piperidine rings is 1. The fourth-order valence-electron chi connectivity index (χ4n) is 4.29. The van der Waals surface area contributed by atoms with Crippen LogP contribution in [-0.4, -0.2) is 40.2 Å². The molecule has 3 aromatic carbocycles. The van der Waals surface area contributed by atoms with Crippen molar-refractivity contribution in [3.05, 3.63) is 102 Å². The van der Waals surface area contributed by atoms with Crippen LogP contribution in [-0.2, 0) is 5.60 Å². The van der Waals surface area contributed by atoms with Gasteiger partial charge in [-0.2, -0.15) is 0 Å². The Kier molecular flexibility index (Phi) is 6.70. The van der Waals surface area contributed by atoms with Crippen molar-refractivity contribution >= 4 is 5.97 Å². The molecule has 2 N–H and O–H groups in total. The summed E-state index contributed by atoms with van der Waals surface area (Å²) >= 11 is 0. The van der Waals surface area contributed by atoms with Crippen LogP contribution in [0.4, 0.5) is 0 Å². The molecule has 2 unspecified atom stereocenters. The number of aliphatic hydroxyl groups is 2. The van der Waals surface area contributed by atoms with Gasteiger partial charge in [0.1, 0.15) is 5.75 Å². The zero-order valence-corrected chi connectivity index (χ0v) is 18.2. The molecule has 1 aliphatic rings. The summed E-state index contributed by atoms with van der Waals surface area (Å²) in [5.41, 5.74) is 1.40. The number of ether oxygens (including phenoxy) is 1. The van der Waals surface area contributed by atoms with Crippen molar-refractivity contribution < 1.29 is 19.7 Å². The number of hydrogen-bond donors (Lipinski definition) is 2. The highest BCUT2D eigenvalue weighted by Crippen LogP contribution is 2.35. The maximum atomic E-state index is 12.2. The van der Waals surface area contributed by atoms with Gasteiger partial charge in [0.05, 0.1) is 17.3 Å². The minimum atomic E-state index is -0.813. The molecule has 0 bridgehead atoms. The Hall–Kier alpha value is -2.99. The first-order chi connectivity index (χ1) is 15.5. The maximum absolute atomic E-state index is 12.2. The second-order valence-corrected chi connectivity index (χ2v) is 8.44. The molecule has 0 spiro atoms. The van der Waals surface area contributed by atoms with E-state index in [-0.39, 0.29) is 6.04 Å². The van der Waals surface area contributed by atoms with E-state index < -0.39 is 17.7 Å². The van der Waals surface area contributed by atoms with Crippen molar-refractivity contribution in [1.82, 2.24) is 4.90 Å². The Morgan fingerprint density at radius 1 is 0.906 bits per heavy atom. The summed E-state index contributed by atoms with van der Waals surface area (Å²) in [5, 5.41) is 22.0. The zero-order valence-electron chi connectivity index (χ0n) is 18.2. The molecule has 5 heteroatoms. The molecule has 3 aromatic rings. The van der Waals surface area contributed by atoms with Gasteiger partial charge in [-0.15, -0.1) is 0 Å². The van der Waals surface area contributed by atoms with E-state index in [0.717, 1.165) is 11.1 Å². The quantitative estimate of drug-likeness (QED) is 0.450. The van der Waals surface area contributed by atoms with Gasteiger partial charge in [0, 0.05) is 19.1 Å². The van der Waals surface area contributed by atoms with Gasteiger partial charge in [-0.25, -0.2) is 4.79 Å². The van der Waals surface area contributed by atoms with Crippen LogP contribution in [0.25, 0.3) is 0 Å². The molecule has 0 radical (unpaired) electrons. The first-order valence-electron chi connectivity index (χ1n) is 11.0. The molecule has 0 saturated carbocycles. The van der Waals surface area contributed by atoms with Crippen LogP contribution in [0.2, 0.25) is 0 Å². The van der Waals surface area contributed by atoms with Crippen LogP contribution in [0.3, 0.4) is 0 Å². The monoisotopic (exact) mass is 431 g/mol. The first-order valence-corrected chi connectivity index (χ1v) is 11.0. The van der Waals surface area contributed by atoms with Gasteiger partial charge in [0.2, 0.25) is 0 Å². The van der Waals surface area contributed by atoms with Gasteiger partial charge in [0.25, 0.3) is 0 Å². The molecule has 1 fully saturated rings. The Balaban J connectivity index is 1.35. The van der Waals surface area contributed by atoms with Gasteiger partial charge in [0.15, 0.2) is 0 Å². The number of carbonyl (C=O) groups is 1. The molecule has 2 atom stereocenters. The average Bonchev–Trinajstić information content (AvgIpc) is 2.85. The number of likely N-dealkylation sites (tertiary alicyclic amines) is 1. The lowest BCUT2D eigenvalue weighted by molar-refractivity contribution is -0.0501. The third-order valence-corrected chi connectivity index (χ3v) is 6.41. The van der Waals surface area contributed by atoms with Gasteiger partial charge >= 0.3 is 5.97 Å². The van der Waals surface area contributed by atoms with E-state index in [1.807, 2.05) is 43.3 Å². The van der Waals surface area contributed by atoms with Crippen LogP contribution < -0.4 is 4.74 Å². The second-order valence-electron chi connectivity index (χ2n) is 8.44. The summed E-state index contributed by atoms with van der Waals surface area (Å²) in [5.74, 6) is 0.0276. The number of esters is 1. The lowest BCUT2D eigenvalue weighted by atomic mass is 9.83. The number of carbonyl (C=O) groups excluding carboxylic acids is 1. The van der Waals surface area contributed by atoms with Crippen molar-refractivity contribution in [3.63, 3.8) is 0 Å². The predicted molar refractivity (Wildman–Crippen MR) is 123 cm³/mol. The molecule has 166 valence electrons. The normalized spacial score (nSPS) is 18.0. The molecule has 1 heterocycles. The van der Waals surface area contributed by atoms with Crippen LogP contribution in [0, 0.1) is 0 Å². The molecule has 32 heavy (non-hydrogen) atoms. The standard InChI is InChI=1S/C27H29NO4/c1-20(28-18-16-27(31,17-19-28)23-10-6-3-7-11-23)25(29)21-12-14-24(15-13-21)32-26(30)22-8-4-2-5-9-22/h2-15,20,25,29,31H,16-19H2,1H3. The van der Waals surface area contributed by atoms with E-state index in [1.165, 1.54) is 0 Å². The number of benzene rings is 3. The van der Waals surface area contributed by atoms with E-state index in [2.05, 4.69) is 4.90 Å². The largest absolute Gasteiger partial charge is 0.423 e. The van der Waals surface area contributed by atoms with Crippen LogP contribution in [0.15, 0.2) is 84.9 Å². The van der Waals surface area contributed by atoms with E-state index in [4.69, 9.17) is 4.74 Å². The molecule has 0 amide bonds. The van der Waals surface area contributed by atoms with Gasteiger partial charge < -0.3 is 14.9 Å². The number of nitrogens with zero attached hydrogens (tertiary/aromatic N) is 1. The van der Waals surface area contributed by atoms with Crippen molar-refractivity contribution in [2.24, 2.45) is 0 Å². The van der Waals surface area contributed by atoms with Gasteiger partial charge in [-0.3, -0.25) is 4.90 Å². The van der Waals surface area contributed by atoms with E-state index in [0.29, 0.717) is 37.2 Å². The Morgan fingerprint density at radius 3 is 2.06 bits per heavy atom. The lowest BCUT2D eigenvalue weighted by Gasteiger charge is -2.42. The van der Waals surface area contributed by atoms with Crippen molar-refractivity contribution in [3.8, 4) is 5.75 Å². The topological polar surface area (TPSA) is 70.0 Å². The third kappa shape index (κ3) is 4.91. The highest BCUT2D eigenvalue weighted by atomic mass is 16.5. The van der Waals surface area contributed by atoms with E-state index in [9.17, 15) is 15.0 Å². The van der Waals surface area contributed by atoms with Gasteiger partial charge in [-0.1, -0.05) is 60.7 Å². The molecule has 0 aromatic heterocycles. The summed E-state index contributed by atoms with van der Waals surface area (Å²) in [6.07, 6.45) is 0.571. The smallest absolute Gasteiger partial charge is 0.343 e. The SMILES string of the molecule is CC(C(O)c1ccc(OC(=O)c2ccccc2)cc1)N1CCC(O)(c2ccccc2)CC1. The molecule has 1 saturated heterocycles. The number of rotatable bonds is 6. The average molecular weight is 432 g/mol. The Labute approximate surface area is 188 Å². The lowest BCUT2D eigenvalue weighted by Crippen LogP contribution is -2.47. The molecular weight excluding hydrogens is 402 g/mol. The molecule has 5 nitrogen and oxygen atoms in total. The highest BCUT2D eigenvalue weighted by Gasteiger charge is 2.36. The number of aliphatic hydroxyl groups excluding tert-OH is 1. The van der Waals surface area contributed by atoms with E-state index in [1.54, 1.807) is 48.5 Å². The molecule has 1 aliphatic heterocycles. The summed E-state index contributed by atoms with van der Waals surface area (Å²) in [7, 11) is 0. The molecular formula is C27H29NO4. The van der Waals surface area contributed by atoms with Crippen molar-refractivity contribution in [1.29, 1.82) is 0 Å². The summed E-state index contributed by atoms with van der Waals surface area (Å²) in [4.78, 5) is 14.4. The Morgan fingerprint density at radius 2 is 1.47 bits per heavy atom. The van der Waals surface area contributed by atoms with Crippen molar-refractivity contribution in [2.45, 2.75) is 37.5 Å². The second kappa shape index (κ2) is 9.65. The molecule has 4 rings (SSSR count). The minimum absolute atomic E-state index is 0.104. The van der Waals surface area contributed by atoms with Crippen LogP contribution >= 0.6 is 0 Å². The predicted octanol–water partition coefficient (Wildman–Crippen LogP) is 4.31. The van der Waals surface area contributed by atoms with Gasteiger partial charge in [-0.05, 0) is 55.2 Å². The van der Waals surface area contributed by atoms with Crippen LogP contribution in [0.1, 0.15) is 47.4 Å². The van der Waals surface area contributed by atoms with Crippen LogP contribution in [0.5, 0.6) is 5.75 Å². The zero-order chi connectivity index (χ0) is 22.6. The van der Waals surface area contributed by atoms with Crippen molar-refractivity contribution in [2.75, 3.05) is 13.1 Å². The number of hydrogen-bond acceptors (Lipinski definition) is 5. The highest BCUT2D eigenvalue weighted by molar-refractivity contribution is 5.90. The Bertz CT molecular complexity index is 1010. The fraction of sp³-hybridized carbons (Fsp3) is 0.296. The summed E-state index contributed by atoms with van der Waals surface area (Å²) in [6, 6.07) is 25.5. The summed E-state index contributed by atoms with van der Waals surface area (Å²) < 4.78 is 5.42. The minimum Gasteiger partial charge on any atom is -0.423 e. The maximum Gasteiger partial charge on any atom is 0.343 e. The fourth-order valence-corrected chi connectivity index (χ4v) is 4.29. The third-order valence-electron chi connectivity index (χ3n) is 6.41. The summed E-state index contributed by atoms with van der Waals surface area (Å²) in [6.45, 7) is 3.41.